The maximum Gasteiger partial charge on any atom is 0.0872 e. The molecule has 1 N–H and O–H groups in total. The molecule has 2 nitrogen and oxygen atoms in total. The van der Waals surface area contributed by atoms with Crippen molar-refractivity contribution < 1.29 is 5.11 Å². The molecule has 0 unspecified atom stereocenters. The van der Waals surface area contributed by atoms with E-state index in [9.17, 15) is 5.11 Å². The first-order valence-electron chi connectivity index (χ1n) is 4.75. The van der Waals surface area contributed by atoms with E-state index in [0.29, 0.717) is 0 Å². The van der Waals surface area contributed by atoms with Crippen LogP contribution in [-0.4, -0.2) is 28.7 Å². The van der Waals surface area contributed by atoms with E-state index in [4.69, 9.17) is 0 Å². The van der Waals surface area contributed by atoms with Crippen LogP contribution in [0.3, 0.4) is 0 Å². The third-order valence-electron chi connectivity index (χ3n) is 2.48. The van der Waals surface area contributed by atoms with Gasteiger partial charge in [0.1, 0.15) is 0 Å². The second-order valence-electron chi connectivity index (χ2n) is 4.23. The summed E-state index contributed by atoms with van der Waals surface area (Å²) < 4.78 is 1.14. The molecule has 0 aromatic heterocycles. The number of hydrogen-bond donors (Lipinski definition) is 1. The summed E-state index contributed by atoms with van der Waals surface area (Å²) in [5.74, 6) is 0. The summed E-state index contributed by atoms with van der Waals surface area (Å²) in [7, 11) is 0. The van der Waals surface area contributed by atoms with Crippen LogP contribution in [0.4, 0.5) is 0 Å². The van der Waals surface area contributed by atoms with Gasteiger partial charge in [-0.25, -0.2) is 0 Å². The first kappa shape index (κ1) is 10.1. The molecule has 3 heteroatoms. The van der Waals surface area contributed by atoms with E-state index in [2.05, 4.69) is 26.9 Å². The molecule has 1 fully saturated rings. The summed E-state index contributed by atoms with van der Waals surface area (Å²) in [5, 5.41) is 9.58. The van der Waals surface area contributed by atoms with Crippen molar-refractivity contribution in [3.63, 3.8) is 0 Å². The Bertz CT molecular complexity index is 330. The molecule has 2 rings (SSSR count). The summed E-state index contributed by atoms with van der Waals surface area (Å²) in [4.78, 5) is 2.24. The SMILES string of the molecule is CC1(O)CN(Cc2ccccc2Br)C1. The first-order valence-corrected chi connectivity index (χ1v) is 5.54. The molecule has 1 aromatic rings. The Labute approximate surface area is 92.7 Å². The Morgan fingerprint density at radius 1 is 1.43 bits per heavy atom. The van der Waals surface area contributed by atoms with Gasteiger partial charge in [0.2, 0.25) is 0 Å². The molecular weight excluding hydrogens is 242 g/mol. The van der Waals surface area contributed by atoms with E-state index in [0.717, 1.165) is 24.1 Å². The van der Waals surface area contributed by atoms with E-state index in [1.807, 2.05) is 25.1 Å². The van der Waals surface area contributed by atoms with Gasteiger partial charge in [-0.2, -0.15) is 0 Å². The number of halogens is 1. The predicted octanol–water partition coefficient (Wildman–Crippen LogP) is 2.02. The van der Waals surface area contributed by atoms with Crippen LogP contribution in [0.15, 0.2) is 28.7 Å². The molecule has 0 atom stereocenters. The molecule has 14 heavy (non-hydrogen) atoms. The quantitative estimate of drug-likeness (QED) is 0.875. The number of hydrogen-bond acceptors (Lipinski definition) is 2. The second kappa shape index (κ2) is 3.65. The molecule has 0 bridgehead atoms. The zero-order valence-electron chi connectivity index (χ0n) is 8.20. The smallest absolute Gasteiger partial charge is 0.0872 e. The van der Waals surface area contributed by atoms with Crippen LogP contribution in [0, 0.1) is 0 Å². The van der Waals surface area contributed by atoms with Gasteiger partial charge in [0.15, 0.2) is 0 Å². The fourth-order valence-corrected chi connectivity index (χ4v) is 2.31. The van der Waals surface area contributed by atoms with E-state index in [1.54, 1.807) is 0 Å². The van der Waals surface area contributed by atoms with Crippen LogP contribution in [0.5, 0.6) is 0 Å². The normalized spacial score (nSPS) is 20.5. The number of rotatable bonds is 2. The van der Waals surface area contributed by atoms with Crippen molar-refractivity contribution in [2.75, 3.05) is 13.1 Å². The van der Waals surface area contributed by atoms with Crippen LogP contribution >= 0.6 is 15.9 Å². The summed E-state index contributed by atoms with van der Waals surface area (Å²) in [5.41, 5.74) is 0.810. The number of benzene rings is 1. The van der Waals surface area contributed by atoms with E-state index in [-0.39, 0.29) is 0 Å². The fraction of sp³-hybridized carbons (Fsp3) is 0.455. The Kier molecular flexibility index (Phi) is 2.64. The van der Waals surface area contributed by atoms with E-state index < -0.39 is 5.60 Å². The van der Waals surface area contributed by atoms with Gasteiger partial charge >= 0.3 is 0 Å². The van der Waals surface area contributed by atoms with Gasteiger partial charge in [0, 0.05) is 24.1 Å². The Balaban J connectivity index is 1.97. The minimum atomic E-state index is -0.471. The maximum absolute atomic E-state index is 9.58. The average molecular weight is 256 g/mol. The lowest BCUT2D eigenvalue weighted by atomic mass is 9.96. The number of likely N-dealkylation sites (tertiary alicyclic amines) is 1. The Hall–Kier alpha value is -0.380. The number of nitrogens with zero attached hydrogens (tertiary/aromatic N) is 1. The van der Waals surface area contributed by atoms with Gasteiger partial charge in [0.25, 0.3) is 0 Å². The van der Waals surface area contributed by atoms with Crippen molar-refractivity contribution in [2.24, 2.45) is 0 Å². The summed E-state index contributed by atoms with van der Waals surface area (Å²) in [6.07, 6.45) is 0. The van der Waals surface area contributed by atoms with Gasteiger partial charge in [0.05, 0.1) is 5.60 Å². The highest BCUT2D eigenvalue weighted by molar-refractivity contribution is 9.10. The average Bonchev–Trinajstić information content (AvgIpc) is 2.05. The Morgan fingerprint density at radius 3 is 2.64 bits per heavy atom. The van der Waals surface area contributed by atoms with Crippen molar-refractivity contribution in [3.8, 4) is 0 Å². The molecule has 0 spiro atoms. The zero-order chi connectivity index (χ0) is 10.2. The highest BCUT2D eigenvalue weighted by Crippen LogP contribution is 2.24. The molecule has 0 amide bonds. The highest BCUT2D eigenvalue weighted by Gasteiger charge is 2.36. The van der Waals surface area contributed by atoms with Crippen molar-refractivity contribution in [2.45, 2.75) is 19.1 Å². The molecule has 1 aliphatic heterocycles. The van der Waals surface area contributed by atoms with Crippen molar-refractivity contribution in [1.29, 1.82) is 0 Å². The van der Waals surface area contributed by atoms with E-state index in [1.165, 1.54) is 5.56 Å². The van der Waals surface area contributed by atoms with Gasteiger partial charge in [-0.3, -0.25) is 4.90 Å². The molecule has 76 valence electrons. The van der Waals surface area contributed by atoms with Crippen LogP contribution < -0.4 is 0 Å². The van der Waals surface area contributed by atoms with Crippen molar-refractivity contribution in [3.05, 3.63) is 34.3 Å². The molecule has 1 aliphatic rings. The summed E-state index contributed by atoms with van der Waals surface area (Å²) >= 11 is 3.52. The van der Waals surface area contributed by atoms with Crippen LogP contribution in [0.2, 0.25) is 0 Å². The van der Waals surface area contributed by atoms with Crippen LogP contribution in [0.1, 0.15) is 12.5 Å². The molecule has 0 aliphatic carbocycles. The topological polar surface area (TPSA) is 23.5 Å². The molecule has 1 heterocycles. The lowest BCUT2D eigenvalue weighted by Gasteiger charge is -2.44. The summed E-state index contributed by atoms with van der Waals surface area (Å²) in [6.45, 7) is 4.34. The largest absolute Gasteiger partial charge is 0.388 e. The summed E-state index contributed by atoms with van der Waals surface area (Å²) in [6, 6.07) is 8.21. The maximum atomic E-state index is 9.58. The minimum Gasteiger partial charge on any atom is -0.388 e. The standard InChI is InChI=1S/C11H14BrNO/c1-11(14)7-13(8-11)6-9-4-2-3-5-10(9)12/h2-5,14H,6-8H2,1H3. The first-order chi connectivity index (χ1) is 6.57. The third-order valence-corrected chi connectivity index (χ3v) is 3.25. The monoisotopic (exact) mass is 255 g/mol. The van der Waals surface area contributed by atoms with Gasteiger partial charge in [-0.05, 0) is 18.6 Å². The molecule has 0 saturated carbocycles. The van der Waals surface area contributed by atoms with Crippen molar-refractivity contribution >= 4 is 15.9 Å². The zero-order valence-corrected chi connectivity index (χ0v) is 9.79. The molecule has 1 aromatic carbocycles. The second-order valence-corrected chi connectivity index (χ2v) is 5.09. The van der Waals surface area contributed by atoms with Gasteiger partial charge < -0.3 is 5.11 Å². The molecule has 0 radical (unpaired) electrons. The number of aliphatic hydroxyl groups is 1. The fourth-order valence-electron chi connectivity index (χ4n) is 1.90. The lowest BCUT2D eigenvalue weighted by molar-refractivity contribution is -0.0872. The van der Waals surface area contributed by atoms with Gasteiger partial charge in [-0.15, -0.1) is 0 Å². The van der Waals surface area contributed by atoms with E-state index >= 15 is 0 Å². The Morgan fingerprint density at radius 2 is 2.07 bits per heavy atom. The predicted molar refractivity (Wildman–Crippen MR) is 60.0 cm³/mol. The van der Waals surface area contributed by atoms with Crippen LogP contribution in [-0.2, 0) is 6.54 Å². The van der Waals surface area contributed by atoms with Crippen LogP contribution in [0.25, 0.3) is 0 Å². The molecular formula is C11H14BrNO. The number of β-amino-alcohol motifs (C(OH)–C–C–N with tert-alkyl or cyclic N) is 1. The highest BCUT2D eigenvalue weighted by atomic mass is 79.9. The van der Waals surface area contributed by atoms with Crippen molar-refractivity contribution in [1.82, 2.24) is 4.90 Å². The minimum absolute atomic E-state index is 0.471. The van der Waals surface area contributed by atoms with Gasteiger partial charge in [-0.1, -0.05) is 34.1 Å². The third kappa shape index (κ3) is 2.16. The lowest BCUT2D eigenvalue weighted by Crippen LogP contribution is -2.59. The molecule has 1 saturated heterocycles.